The first-order valence-corrected chi connectivity index (χ1v) is 6.82. The molecule has 21 heavy (non-hydrogen) atoms. The molecule has 0 unspecified atom stereocenters. The Labute approximate surface area is 130 Å². The highest BCUT2D eigenvalue weighted by atomic mass is 35.5. The Balaban J connectivity index is 2.13. The Hall–Kier alpha value is -2.11. The second-order valence-corrected chi connectivity index (χ2v) is 5.09. The molecule has 7 heteroatoms. The van der Waals surface area contributed by atoms with Gasteiger partial charge in [-0.05, 0) is 42.8 Å². The summed E-state index contributed by atoms with van der Waals surface area (Å²) in [4.78, 5) is 12.3. The minimum atomic E-state index is 0.0722. The maximum absolute atomic E-state index is 6.15. The second-order valence-electron chi connectivity index (χ2n) is 4.34. The van der Waals surface area contributed by atoms with E-state index < -0.39 is 0 Å². The van der Waals surface area contributed by atoms with Gasteiger partial charge in [-0.15, -0.1) is 0 Å². The molecule has 0 fully saturated rings. The van der Waals surface area contributed by atoms with Gasteiger partial charge in [0.15, 0.2) is 5.75 Å². The molecule has 3 rings (SSSR count). The number of pyridine rings is 1. The van der Waals surface area contributed by atoms with E-state index in [1.54, 1.807) is 31.3 Å². The van der Waals surface area contributed by atoms with Crippen LogP contribution in [0.5, 0.6) is 11.6 Å². The molecule has 2 heterocycles. The SMILES string of the molecule is Cc1nc(Cl)nc(Oc2ccc(Cl)c3cccnc23)c1N. The van der Waals surface area contributed by atoms with Crippen molar-refractivity contribution in [3.05, 3.63) is 46.5 Å². The Bertz CT molecular complexity index is 839. The Morgan fingerprint density at radius 3 is 2.76 bits per heavy atom. The number of fused-ring (bicyclic) bond motifs is 1. The van der Waals surface area contributed by atoms with Gasteiger partial charge in [0.05, 0.1) is 10.7 Å². The monoisotopic (exact) mass is 320 g/mol. The molecule has 0 bridgehead atoms. The van der Waals surface area contributed by atoms with Crippen LogP contribution in [0.25, 0.3) is 10.9 Å². The van der Waals surface area contributed by atoms with Crippen LogP contribution in [0.3, 0.4) is 0 Å². The predicted molar refractivity (Wildman–Crippen MR) is 83.0 cm³/mol. The van der Waals surface area contributed by atoms with Gasteiger partial charge >= 0.3 is 0 Å². The molecule has 2 N–H and O–H groups in total. The number of halogens is 2. The first-order valence-electron chi connectivity index (χ1n) is 6.07. The minimum absolute atomic E-state index is 0.0722. The summed E-state index contributed by atoms with van der Waals surface area (Å²) in [5, 5.41) is 1.45. The van der Waals surface area contributed by atoms with Crippen LogP contribution in [0.1, 0.15) is 5.69 Å². The zero-order chi connectivity index (χ0) is 15.0. The van der Waals surface area contributed by atoms with Crippen molar-refractivity contribution in [3.63, 3.8) is 0 Å². The van der Waals surface area contributed by atoms with E-state index in [-0.39, 0.29) is 11.2 Å². The van der Waals surface area contributed by atoms with E-state index in [1.807, 2.05) is 6.07 Å². The highest BCUT2D eigenvalue weighted by Crippen LogP contribution is 2.34. The third kappa shape index (κ3) is 2.57. The van der Waals surface area contributed by atoms with Crippen molar-refractivity contribution < 1.29 is 4.74 Å². The lowest BCUT2D eigenvalue weighted by molar-refractivity contribution is 0.468. The molecule has 1 aromatic carbocycles. The normalized spacial score (nSPS) is 10.8. The molecule has 0 saturated heterocycles. The molecular weight excluding hydrogens is 311 g/mol. The molecule has 2 aromatic heterocycles. The summed E-state index contributed by atoms with van der Waals surface area (Å²) in [6.45, 7) is 1.73. The number of ether oxygens (including phenoxy) is 1. The van der Waals surface area contributed by atoms with Gasteiger partial charge in [-0.3, -0.25) is 4.98 Å². The van der Waals surface area contributed by atoms with Gasteiger partial charge in [-0.2, -0.15) is 4.98 Å². The van der Waals surface area contributed by atoms with E-state index in [0.29, 0.717) is 27.7 Å². The maximum atomic E-state index is 6.15. The number of aromatic nitrogens is 3. The van der Waals surface area contributed by atoms with Crippen molar-refractivity contribution in [2.75, 3.05) is 5.73 Å². The van der Waals surface area contributed by atoms with Crippen molar-refractivity contribution in [1.82, 2.24) is 15.0 Å². The summed E-state index contributed by atoms with van der Waals surface area (Å²) in [5.41, 5.74) is 7.42. The summed E-state index contributed by atoms with van der Waals surface area (Å²) < 4.78 is 5.76. The van der Waals surface area contributed by atoms with Crippen molar-refractivity contribution in [2.24, 2.45) is 0 Å². The highest BCUT2D eigenvalue weighted by Gasteiger charge is 2.13. The van der Waals surface area contributed by atoms with Crippen molar-refractivity contribution in [3.8, 4) is 11.6 Å². The summed E-state index contributed by atoms with van der Waals surface area (Å²) in [7, 11) is 0. The first kappa shape index (κ1) is 13.9. The first-order chi connectivity index (χ1) is 10.1. The standard InChI is InChI=1S/C14H10Cl2N4O/c1-7-11(17)13(20-14(16)19-7)21-10-5-4-9(15)8-3-2-6-18-12(8)10/h2-6H,17H2,1H3. The van der Waals surface area contributed by atoms with Crippen LogP contribution >= 0.6 is 23.2 Å². The third-order valence-corrected chi connectivity index (χ3v) is 3.46. The van der Waals surface area contributed by atoms with Crippen LogP contribution in [-0.2, 0) is 0 Å². The van der Waals surface area contributed by atoms with Gasteiger partial charge in [0.2, 0.25) is 11.2 Å². The summed E-state index contributed by atoms with van der Waals surface area (Å²) >= 11 is 12.0. The van der Waals surface area contributed by atoms with Gasteiger partial charge < -0.3 is 10.5 Å². The van der Waals surface area contributed by atoms with E-state index in [2.05, 4.69) is 15.0 Å². The van der Waals surface area contributed by atoms with Crippen LogP contribution in [0.4, 0.5) is 5.69 Å². The van der Waals surface area contributed by atoms with E-state index >= 15 is 0 Å². The molecule has 0 amide bonds. The van der Waals surface area contributed by atoms with E-state index in [9.17, 15) is 0 Å². The number of nitrogens with two attached hydrogens (primary N) is 1. The van der Waals surface area contributed by atoms with Gasteiger partial charge in [-0.1, -0.05) is 11.6 Å². The van der Waals surface area contributed by atoms with Crippen LogP contribution in [-0.4, -0.2) is 15.0 Å². The number of nitrogen functional groups attached to an aromatic ring is 1. The quantitative estimate of drug-likeness (QED) is 0.722. The van der Waals surface area contributed by atoms with Gasteiger partial charge in [-0.25, -0.2) is 4.98 Å². The maximum Gasteiger partial charge on any atom is 0.247 e. The summed E-state index contributed by atoms with van der Waals surface area (Å²) in [6, 6.07) is 7.10. The van der Waals surface area contributed by atoms with E-state index in [1.165, 1.54) is 0 Å². The topological polar surface area (TPSA) is 73.9 Å². The van der Waals surface area contributed by atoms with Gasteiger partial charge in [0.25, 0.3) is 0 Å². The molecule has 0 atom stereocenters. The molecule has 3 aromatic rings. The number of anilines is 1. The minimum Gasteiger partial charge on any atom is -0.435 e. The highest BCUT2D eigenvalue weighted by molar-refractivity contribution is 6.35. The fourth-order valence-corrected chi connectivity index (χ4v) is 2.32. The lowest BCUT2D eigenvalue weighted by Gasteiger charge is -2.11. The molecule has 0 aliphatic carbocycles. The lowest BCUT2D eigenvalue weighted by Crippen LogP contribution is -2.01. The van der Waals surface area contributed by atoms with E-state index in [0.717, 1.165) is 5.39 Å². The number of nitrogens with zero attached hydrogens (tertiary/aromatic N) is 3. The van der Waals surface area contributed by atoms with Gasteiger partial charge in [0, 0.05) is 11.6 Å². The smallest absolute Gasteiger partial charge is 0.247 e. The molecule has 5 nitrogen and oxygen atoms in total. The largest absolute Gasteiger partial charge is 0.435 e. The van der Waals surface area contributed by atoms with Crippen molar-refractivity contribution >= 4 is 39.8 Å². The van der Waals surface area contributed by atoms with Crippen molar-refractivity contribution in [1.29, 1.82) is 0 Å². The molecule has 0 radical (unpaired) electrons. The number of benzene rings is 1. The van der Waals surface area contributed by atoms with Crippen LogP contribution < -0.4 is 10.5 Å². The average molecular weight is 321 g/mol. The fraction of sp³-hybridized carbons (Fsp3) is 0.0714. The Morgan fingerprint density at radius 1 is 1.14 bits per heavy atom. The fourth-order valence-electron chi connectivity index (χ4n) is 1.90. The summed E-state index contributed by atoms with van der Waals surface area (Å²) in [5.74, 6) is 0.692. The Kier molecular flexibility index (Phi) is 3.53. The molecule has 0 spiro atoms. The molecule has 0 aliphatic heterocycles. The summed E-state index contributed by atoms with van der Waals surface area (Å²) in [6.07, 6.45) is 1.66. The zero-order valence-corrected chi connectivity index (χ0v) is 12.5. The van der Waals surface area contributed by atoms with Crippen LogP contribution in [0.2, 0.25) is 10.3 Å². The number of hydrogen-bond donors (Lipinski definition) is 1. The molecular formula is C14H10Cl2N4O. The molecule has 0 saturated carbocycles. The third-order valence-electron chi connectivity index (χ3n) is 2.96. The predicted octanol–water partition coefficient (Wildman–Crippen LogP) is 4.01. The number of rotatable bonds is 2. The second kappa shape index (κ2) is 5.35. The average Bonchev–Trinajstić information content (AvgIpc) is 2.47. The van der Waals surface area contributed by atoms with Gasteiger partial charge in [0.1, 0.15) is 11.2 Å². The van der Waals surface area contributed by atoms with Crippen LogP contribution in [0.15, 0.2) is 30.5 Å². The van der Waals surface area contributed by atoms with Crippen LogP contribution in [0, 0.1) is 6.92 Å². The zero-order valence-electron chi connectivity index (χ0n) is 11.0. The Morgan fingerprint density at radius 2 is 1.95 bits per heavy atom. The number of hydrogen-bond acceptors (Lipinski definition) is 5. The molecule has 106 valence electrons. The molecule has 0 aliphatic rings. The van der Waals surface area contributed by atoms with E-state index in [4.69, 9.17) is 33.7 Å². The number of aryl methyl sites for hydroxylation is 1. The van der Waals surface area contributed by atoms with Crippen molar-refractivity contribution in [2.45, 2.75) is 6.92 Å². The lowest BCUT2D eigenvalue weighted by atomic mass is 10.2.